The first-order valence-electron chi connectivity index (χ1n) is 9.46. The van der Waals surface area contributed by atoms with Crippen LogP contribution in [0.15, 0.2) is 30.3 Å². The van der Waals surface area contributed by atoms with Gasteiger partial charge in [0.15, 0.2) is 0 Å². The minimum Gasteiger partial charge on any atom is -0.507 e. The summed E-state index contributed by atoms with van der Waals surface area (Å²) in [5.74, 6) is -0.312. The lowest BCUT2D eigenvalue weighted by atomic mass is 9.63. The molecule has 2 aromatic rings. The van der Waals surface area contributed by atoms with E-state index in [1.54, 1.807) is 13.2 Å². The Balaban J connectivity index is 1.93. The molecular weight excluding hydrogens is 356 g/mol. The molecule has 0 unspecified atom stereocenters. The highest BCUT2D eigenvalue weighted by molar-refractivity contribution is 5.90. The molecule has 0 saturated carbocycles. The maximum Gasteiger partial charge on any atom is 0.339 e. The van der Waals surface area contributed by atoms with Crippen molar-refractivity contribution in [3.63, 3.8) is 0 Å². The third-order valence-corrected chi connectivity index (χ3v) is 5.85. The number of carbonyl (C=O) groups is 1. The number of aromatic hydroxyl groups is 1. The number of hydrogen-bond acceptors (Lipinski definition) is 4. The van der Waals surface area contributed by atoms with Crippen molar-refractivity contribution >= 4 is 5.97 Å². The van der Waals surface area contributed by atoms with E-state index < -0.39 is 5.97 Å². The highest BCUT2D eigenvalue weighted by Crippen LogP contribution is 2.47. The van der Waals surface area contributed by atoms with Crippen LogP contribution in [0.3, 0.4) is 0 Å². The Morgan fingerprint density at radius 2 is 1.64 bits per heavy atom. The predicted molar refractivity (Wildman–Crippen MR) is 108 cm³/mol. The van der Waals surface area contributed by atoms with E-state index in [0.717, 1.165) is 24.2 Å². The monoisotopic (exact) mass is 384 g/mol. The number of ether oxygens (including phenoxy) is 2. The SMILES string of the molecule is COc1cc2c(cc1COc1ccc(C(=O)O)c(O)c1)C(C)(C)CCC2(C)C. The smallest absolute Gasteiger partial charge is 0.339 e. The van der Waals surface area contributed by atoms with E-state index in [2.05, 4.69) is 39.8 Å². The fraction of sp³-hybridized carbons (Fsp3) is 0.435. The molecule has 0 aliphatic heterocycles. The van der Waals surface area contributed by atoms with E-state index in [4.69, 9.17) is 14.6 Å². The van der Waals surface area contributed by atoms with Crippen LogP contribution in [0.5, 0.6) is 17.2 Å². The second-order valence-corrected chi connectivity index (χ2v) is 8.75. The molecule has 5 heteroatoms. The lowest BCUT2D eigenvalue weighted by Gasteiger charge is -2.42. The average molecular weight is 384 g/mol. The van der Waals surface area contributed by atoms with E-state index in [0.29, 0.717) is 5.75 Å². The van der Waals surface area contributed by atoms with Gasteiger partial charge in [0.05, 0.1) is 7.11 Å². The van der Waals surface area contributed by atoms with Crippen molar-refractivity contribution in [2.45, 2.75) is 58.0 Å². The Kier molecular flexibility index (Phi) is 5.04. The standard InChI is InChI=1S/C23H28O5/c1-22(2)8-9-23(3,4)18-12-20(27-5)14(10-17(18)22)13-28-15-6-7-16(21(25)26)19(24)11-15/h6-7,10-12,24H,8-9,13H2,1-5H3,(H,25,26). The van der Waals surface area contributed by atoms with E-state index in [1.165, 1.54) is 23.3 Å². The van der Waals surface area contributed by atoms with Crippen LogP contribution in [0, 0.1) is 0 Å². The van der Waals surface area contributed by atoms with Gasteiger partial charge in [0, 0.05) is 11.6 Å². The number of hydrogen-bond donors (Lipinski definition) is 2. The van der Waals surface area contributed by atoms with Crippen molar-refractivity contribution < 1.29 is 24.5 Å². The largest absolute Gasteiger partial charge is 0.507 e. The molecule has 2 N–H and O–H groups in total. The summed E-state index contributed by atoms with van der Waals surface area (Å²) in [5, 5.41) is 18.9. The summed E-state index contributed by atoms with van der Waals surface area (Å²) in [7, 11) is 1.65. The molecule has 0 fully saturated rings. The van der Waals surface area contributed by atoms with E-state index >= 15 is 0 Å². The molecule has 2 aromatic carbocycles. The van der Waals surface area contributed by atoms with Crippen LogP contribution in [0.1, 0.15) is 67.6 Å². The lowest BCUT2D eigenvalue weighted by molar-refractivity contribution is 0.0693. The summed E-state index contributed by atoms with van der Waals surface area (Å²) in [5.41, 5.74) is 3.57. The van der Waals surface area contributed by atoms with E-state index in [1.807, 2.05) is 0 Å². The number of methoxy groups -OCH3 is 1. The minimum atomic E-state index is -1.18. The molecule has 0 aromatic heterocycles. The molecule has 1 aliphatic carbocycles. The van der Waals surface area contributed by atoms with Crippen LogP contribution in [-0.2, 0) is 17.4 Å². The van der Waals surface area contributed by atoms with Gasteiger partial charge in [-0.25, -0.2) is 4.79 Å². The molecule has 0 saturated heterocycles. The van der Waals surface area contributed by atoms with Crippen molar-refractivity contribution in [2.24, 2.45) is 0 Å². The number of fused-ring (bicyclic) bond motifs is 1. The van der Waals surface area contributed by atoms with Crippen LogP contribution < -0.4 is 9.47 Å². The normalized spacial score (nSPS) is 16.9. The highest BCUT2D eigenvalue weighted by Gasteiger charge is 2.37. The van der Waals surface area contributed by atoms with Crippen LogP contribution >= 0.6 is 0 Å². The van der Waals surface area contributed by atoms with Gasteiger partial charge in [-0.1, -0.05) is 27.7 Å². The molecule has 0 bridgehead atoms. The first kappa shape index (κ1) is 20.1. The van der Waals surface area contributed by atoms with E-state index in [9.17, 15) is 9.90 Å². The zero-order valence-corrected chi connectivity index (χ0v) is 17.1. The second kappa shape index (κ2) is 7.04. The fourth-order valence-corrected chi connectivity index (χ4v) is 3.88. The number of phenols is 1. The summed E-state index contributed by atoms with van der Waals surface area (Å²) in [4.78, 5) is 11.0. The maximum atomic E-state index is 11.0. The van der Waals surface area contributed by atoms with Gasteiger partial charge in [0.2, 0.25) is 0 Å². The predicted octanol–water partition coefficient (Wildman–Crippen LogP) is 5.03. The average Bonchev–Trinajstić information content (AvgIpc) is 2.63. The van der Waals surface area contributed by atoms with Gasteiger partial charge in [0.1, 0.15) is 29.4 Å². The Morgan fingerprint density at radius 1 is 1.04 bits per heavy atom. The van der Waals surface area contributed by atoms with Gasteiger partial charge < -0.3 is 19.7 Å². The molecule has 150 valence electrons. The third-order valence-electron chi connectivity index (χ3n) is 5.85. The number of benzene rings is 2. The van der Waals surface area contributed by atoms with Crippen molar-refractivity contribution in [1.82, 2.24) is 0 Å². The summed E-state index contributed by atoms with van der Waals surface area (Å²) in [6.07, 6.45) is 2.24. The molecule has 5 nitrogen and oxygen atoms in total. The van der Waals surface area contributed by atoms with Crippen LogP contribution in [0.4, 0.5) is 0 Å². The Bertz CT molecular complexity index is 911. The molecule has 0 spiro atoms. The number of carboxylic acids is 1. The number of carboxylic acid groups (broad SMARTS) is 1. The van der Waals surface area contributed by atoms with Crippen LogP contribution in [0.2, 0.25) is 0 Å². The van der Waals surface area contributed by atoms with Crippen molar-refractivity contribution in [3.05, 3.63) is 52.6 Å². The summed E-state index contributed by atoms with van der Waals surface area (Å²) in [6.45, 7) is 9.33. The summed E-state index contributed by atoms with van der Waals surface area (Å²) >= 11 is 0. The van der Waals surface area contributed by atoms with Gasteiger partial charge in [-0.2, -0.15) is 0 Å². The number of rotatable bonds is 5. The fourth-order valence-electron chi connectivity index (χ4n) is 3.88. The quantitative estimate of drug-likeness (QED) is 0.756. The minimum absolute atomic E-state index is 0.0767. The Labute approximate surface area is 165 Å². The van der Waals surface area contributed by atoms with E-state index in [-0.39, 0.29) is 28.7 Å². The Morgan fingerprint density at radius 3 is 2.18 bits per heavy atom. The first-order valence-corrected chi connectivity index (χ1v) is 9.46. The molecule has 0 radical (unpaired) electrons. The highest BCUT2D eigenvalue weighted by atomic mass is 16.5. The van der Waals surface area contributed by atoms with Gasteiger partial charge in [0.25, 0.3) is 0 Å². The molecule has 28 heavy (non-hydrogen) atoms. The topological polar surface area (TPSA) is 76.0 Å². The number of aromatic carboxylic acids is 1. The van der Waals surface area contributed by atoms with Crippen LogP contribution in [0.25, 0.3) is 0 Å². The summed E-state index contributed by atoms with van der Waals surface area (Å²) in [6, 6.07) is 8.49. The molecule has 0 atom stereocenters. The molecule has 0 heterocycles. The third kappa shape index (κ3) is 3.66. The molecule has 0 amide bonds. The van der Waals surface area contributed by atoms with Crippen molar-refractivity contribution in [1.29, 1.82) is 0 Å². The summed E-state index contributed by atoms with van der Waals surface area (Å²) < 4.78 is 11.5. The molecule has 1 aliphatic rings. The Hall–Kier alpha value is -2.69. The van der Waals surface area contributed by atoms with Crippen molar-refractivity contribution in [3.8, 4) is 17.2 Å². The zero-order valence-electron chi connectivity index (χ0n) is 17.1. The zero-order chi connectivity index (χ0) is 20.7. The maximum absolute atomic E-state index is 11.0. The van der Waals surface area contributed by atoms with Gasteiger partial charge in [-0.15, -0.1) is 0 Å². The van der Waals surface area contributed by atoms with Gasteiger partial charge in [-0.3, -0.25) is 0 Å². The molecular formula is C23H28O5. The van der Waals surface area contributed by atoms with Gasteiger partial charge >= 0.3 is 5.97 Å². The van der Waals surface area contributed by atoms with Gasteiger partial charge in [-0.05, 0) is 59.1 Å². The second-order valence-electron chi connectivity index (χ2n) is 8.75. The lowest BCUT2D eigenvalue weighted by Crippen LogP contribution is -2.34. The van der Waals surface area contributed by atoms with Crippen LogP contribution in [-0.4, -0.2) is 23.3 Å². The first-order chi connectivity index (χ1) is 13.0. The molecule has 3 rings (SSSR count). The van der Waals surface area contributed by atoms with Crippen molar-refractivity contribution in [2.75, 3.05) is 7.11 Å².